The highest BCUT2D eigenvalue weighted by atomic mass is 16.5. The highest BCUT2D eigenvalue weighted by molar-refractivity contribution is 5.75. The summed E-state index contributed by atoms with van der Waals surface area (Å²) in [5, 5.41) is 6.00. The van der Waals surface area contributed by atoms with E-state index >= 15 is 0 Å². The van der Waals surface area contributed by atoms with Crippen molar-refractivity contribution in [1.29, 1.82) is 0 Å². The zero-order valence-electron chi connectivity index (χ0n) is 15.3. The molecule has 0 unspecified atom stereocenters. The number of carbonyl (C=O) groups is 1. The first-order valence-corrected chi connectivity index (χ1v) is 9.01. The van der Waals surface area contributed by atoms with Gasteiger partial charge in [0, 0.05) is 25.6 Å². The summed E-state index contributed by atoms with van der Waals surface area (Å²) in [7, 11) is 0. The summed E-state index contributed by atoms with van der Waals surface area (Å²) in [5.41, 5.74) is 2.08. The Labute approximate surface area is 148 Å². The minimum absolute atomic E-state index is 0.0954. The maximum absolute atomic E-state index is 12.1. The third kappa shape index (κ3) is 4.72. The Balaban J connectivity index is 1.43. The molecule has 0 spiro atoms. The van der Waals surface area contributed by atoms with E-state index in [9.17, 15) is 4.79 Å². The second-order valence-electron chi connectivity index (χ2n) is 7.80. The third-order valence-electron chi connectivity index (χ3n) is 4.67. The molecule has 6 heteroatoms. The number of hydrogen-bond acceptors (Lipinski definition) is 3. The number of aromatic amines is 1. The monoisotopic (exact) mass is 344 g/mol. The number of carbonyl (C=O) groups excluding carboxylic acids is 1. The van der Waals surface area contributed by atoms with Crippen LogP contribution in [0.2, 0.25) is 0 Å². The lowest BCUT2D eigenvalue weighted by molar-refractivity contribution is -0.0565. The van der Waals surface area contributed by atoms with Gasteiger partial charge in [-0.2, -0.15) is 0 Å². The van der Waals surface area contributed by atoms with Crippen LogP contribution in [0.3, 0.4) is 0 Å². The zero-order chi connectivity index (χ0) is 17.9. The number of imidazole rings is 1. The molecule has 0 aliphatic carbocycles. The molecular formula is C19H28N4O2. The van der Waals surface area contributed by atoms with Crippen LogP contribution in [0.4, 0.5) is 4.79 Å². The fraction of sp³-hybridized carbons (Fsp3) is 0.579. The van der Waals surface area contributed by atoms with Crippen molar-refractivity contribution in [1.82, 2.24) is 20.6 Å². The fourth-order valence-electron chi connectivity index (χ4n) is 3.19. The predicted octanol–water partition coefficient (Wildman–Crippen LogP) is 3.00. The van der Waals surface area contributed by atoms with Gasteiger partial charge in [0.2, 0.25) is 0 Å². The topological polar surface area (TPSA) is 79.0 Å². The van der Waals surface area contributed by atoms with Crippen LogP contribution in [0.15, 0.2) is 24.3 Å². The van der Waals surface area contributed by atoms with Crippen LogP contribution >= 0.6 is 0 Å². The quantitative estimate of drug-likeness (QED) is 0.798. The number of amides is 2. The van der Waals surface area contributed by atoms with Crippen LogP contribution in [-0.4, -0.2) is 41.3 Å². The van der Waals surface area contributed by atoms with Crippen molar-refractivity contribution < 1.29 is 9.53 Å². The number of benzene rings is 1. The first-order valence-electron chi connectivity index (χ1n) is 9.01. The van der Waals surface area contributed by atoms with E-state index in [4.69, 9.17) is 4.74 Å². The highest BCUT2D eigenvalue weighted by Crippen LogP contribution is 2.29. The van der Waals surface area contributed by atoms with Gasteiger partial charge in [-0.1, -0.05) is 32.9 Å². The molecule has 136 valence electrons. The Bertz CT molecular complexity index is 687. The number of H-pyrrole nitrogens is 1. The van der Waals surface area contributed by atoms with Gasteiger partial charge in [-0.05, 0) is 30.4 Å². The largest absolute Gasteiger partial charge is 0.378 e. The van der Waals surface area contributed by atoms with E-state index in [-0.39, 0.29) is 23.6 Å². The normalized spacial score (nSPS) is 21.2. The van der Waals surface area contributed by atoms with E-state index in [2.05, 4.69) is 41.4 Å². The maximum Gasteiger partial charge on any atom is 0.315 e. The number of nitrogens with one attached hydrogen (secondary N) is 3. The van der Waals surface area contributed by atoms with Gasteiger partial charge in [0.15, 0.2) is 0 Å². The number of rotatable bonds is 4. The molecule has 1 aliphatic heterocycles. The average molecular weight is 344 g/mol. The van der Waals surface area contributed by atoms with Gasteiger partial charge < -0.3 is 20.4 Å². The number of ether oxygens (including phenoxy) is 1. The number of hydrogen-bond donors (Lipinski definition) is 3. The summed E-state index contributed by atoms with van der Waals surface area (Å²) in [6.45, 7) is 7.78. The Kier molecular flexibility index (Phi) is 5.27. The Morgan fingerprint density at radius 3 is 2.92 bits per heavy atom. The van der Waals surface area contributed by atoms with E-state index < -0.39 is 0 Å². The summed E-state index contributed by atoms with van der Waals surface area (Å²) in [5.74, 6) is 0.889. The fourth-order valence-corrected chi connectivity index (χ4v) is 3.19. The smallest absolute Gasteiger partial charge is 0.315 e. The van der Waals surface area contributed by atoms with E-state index in [0.717, 1.165) is 29.7 Å². The number of urea groups is 1. The molecule has 2 atom stereocenters. The number of nitrogens with zero attached hydrogens (tertiary/aromatic N) is 1. The van der Waals surface area contributed by atoms with Crippen LogP contribution in [0, 0.1) is 5.41 Å². The molecule has 0 saturated carbocycles. The molecule has 1 fully saturated rings. The average Bonchev–Trinajstić information content (AvgIpc) is 2.97. The van der Waals surface area contributed by atoms with Gasteiger partial charge in [-0.25, -0.2) is 9.78 Å². The second-order valence-corrected chi connectivity index (χ2v) is 7.80. The number of aromatic nitrogens is 2. The first-order chi connectivity index (χ1) is 11.9. The molecule has 3 rings (SSSR count). The molecule has 2 aromatic rings. The van der Waals surface area contributed by atoms with E-state index in [1.54, 1.807) is 0 Å². The van der Waals surface area contributed by atoms with Gasteiger partial charge in [-0.15, -0.1) is 0 Å². The van der Waals surface area contributed by atoms with Crippen LogP contribution in [0.5, 0.6) is 0 Å². The molecule has 1 aromatic heterocycles. The zero-order valence-corrected chi connectivity index (χ0v) is 15.3. The molecule has 1 saturated heterocycles. The van der Waals surface area contributed by atoms with Gasteiger partial charge in [0.1, 0.15) is 5.82 Å². The van der Waals surface area contributed by atoms with Crippen LogP contribution in [-0.2, 0) is 11.2 Å². The summed E-state index contributed by atoms with van der Waals surface area (Å²) in [6, 6.07) is 7.99. The maximum atomic E-state index is 12.1. The summed E-state index contributed by atoms with van der Waals surface area (Å²) in [4.78, 5) is 19.9. The minimum Gasteiger partial charge on any atom is -0.378 e. The minimum atomic E-state index is -0.115. The summed E-state index contributed by atoms with van der Waals surface area (Å²) < 4.78 is 5.84. The predicted molar refractivity (Wildman–Crippen MR) is 98.5 cm³/mol. The lowest BCUT2D eigenvalue weighted by Crippen LogP contribution is -2.49. The number of para-hydroxylation sites is 2. The van der Waals surface area contributed by atoms with Crippen LogP contribution in [0.25, 0.3) is 11.0 Å². The SMILES string of the molecule is CC(C)(C)[C@H]1C[C@@H](NC(=O)NCCc2nc3ccccc3[nH]2)CCO1. The van der Waals surface area contributed by atoms with Crippen molar-refractivity contribution in [3.05, 3.63) is 30.1 Å². The second kappa shape index (κ2) is 7.44. The van der Waals surface area contributed by atoms with E-state index in [1.807, 2.05) is 24.3 Å². The lowest BCUT2D eigenvalue weighted by Gasteiger charge is -2.37. The lowest BCUT2D eigenvalue weighted by atomic mass is 9.83. The molecule has 1 aliphatic rings. The summed E-state index contributed by atoms with van der Waals surface area (Å²) >= 11 is 0. The standard InChI is InChI=1S/C19H28N4O2/c1-19(2,3)16-12-13(9-11-25-16)21-18(24)20-10-8-17-22-14-6-4-5-7-15(14)23-17/h4-7,13,16H,8-12H2,1-3H3,(H,22,23)(H2,20,21,24)/t13-,16+/m0/s1. The van der Waals surface area contributed by atoms with Gasteiger partial charge in [0.05, 0.1) is 17.1 Å². The van der Waals surface area contributed by atoms with Gasteiger partial charge >= 0.3 is 6.03 Å². The molecular weight excluding hydrogens is 316 g/mol. The van der Waals surface area contributed by atoms with E-state index in [0.29, 0.717) is 19.6 Å². The Hall–Kier alpha value is -2.08. The highest BCUT2D eigenvalue weighted by Gasteiger charge is 2.32. The van der Waals surface area contributed by atoms with Crippen molar-refractivity contribution in [2.24, 2.45) is 5.41 Å². The van der Waals surface area contributed by atoms with Crippen molar-refractivity contribution >= 4 is 17.1 Å². The van der Waals surface area contributed by atoms with E-state index in [1.165, 1.54) is 0 Å². The number of fused-ring (bicyclic) bond motifs is 1. The third-order valence-corrected chi connectivity index (χ3v) is 4.67. The summed E-state index contributed by atoms with van der Waals surface area (Å²) in [6.07, 6.45) is 2.59. The van der Waals surface area contributed by atoms with Crippen LogP contribution in [0.1, 0.15) is 39.4 Å². The molecule has 1 aromatic carbocycles. The van der Waals surface area contributed by atoms with Crippen molar-refractivity contribution in [3.63, 3.8) is 0 Å². The molecule has 0 bridgehead atoms. The molecule has 2 heterocycles. The molecule has 0 radical (unpaired) electrons. The molecule has 6 nitrogen and oxygen atoms in total. The van der Waals surface area contributed by atoms with Crippen molar-refractivity contribution in [2.75, 3.05) is 13.2 Å². The van der Waals surface area contributed by atoms with Crippen molar-refractivity contribution in [2.45, 2.75) is 52.2 Å². The molecule has 2 amide bonds. The Morgan fingerprint density at radius 2 is 2.16 bits per heavy atom. The van der Waals surface area contributed by atoms with Gasteiger partial charge in [0.25, 0.3) is 0 Å². The Morgan fingerprint density at radius 1 is 1.36 bits per heavy atom. The van der Waals surface area contributed by atoms with Gasteiger partial charge in [-0.3, -0.25) is 0 Å². The molecule has 25 heavy (non-hydrogen) atoms. The molecule has 3 N–H and O–H groups in total. The first kappa shape index (κ1) is 17.7. The van der Waals surface area contributed by atoms with Crippen molar-refractivity contribution in [3.8, 4) is 0 Å². The van der Waals surface area contributed by atoms with Crippen LogP contribution < -0.4 is 10.6 Å².